The summed E-state index contributed by atoms with van der Waals surface area (Å²) in [6, 6.07) is 40.3. The number of hydrogen-bond donors (Lipinski definition) is 0. The van der Waals surface area contributed by atoms with Crippen LogP contribution >= 0.6 is 46.9 Å². The summed E-state index contributed by atoms with van der Waals surface area (Å²) in [5.74, 6) is -3.74. The Hall–Kier alpha value is -11.1. The van der Waals surface area contributed by atoms with Gasteiger partial charge in [-0.1, -0.05) is 104 Å². The predicted molar refractivity (Wildman–Crippen MR) is 431 cm³/mol. The van der Waals surface area contributed by atoms with Gasteiger partial charge in [0.15, 0.2) is 28.7 Å². The fourth-order valence-electron chi connectivity index (χ4n) is 17.3. The summed E-state index contributed by atoms with van der Waals surface area (Å²) >= 11 is 11.8. The maximum absolute atomic E-state index is 15.4. The van der Waals surface area contributed by atoms with Crippen molar-refractivity contribution in [1.29, 1.82) is 0 Å². The van der Waals surface area contributed by atoms with E-state index in [1.807, 2.05) is 76.6 Å². The number of fused-ring (bicyclic) bond motifs is 12. The zero-order chi connectivity index (χ0) is 81.8. The number of amides is 3. The van der Waals surface area contributed by atoms with Crippen molar-refractivity contribution in [1.82, 2.24) is 28.7 Å². The third kappa shape index (κ3) is 15.1. The van der Waals surface area contributed by atoms with Crippen molar-refractivity contribution >= 4 is 82.5 Å². The van der Waals surface area contributed by atoms with Gasteiger partial charge in [0.2, 0.25) is 53.9 Å². The average molecular weight is 1670 g/mol. The van der Waals surface area contributed by atoms with Crippen molar-refractivity contribution in [2.24, 2.45) is 5.41 Å². The van der Waals surface area contributed by atoms with E-state index in [1.54, 1.807) is 71.9 Å². The van der Waals surface area contributed by atoms with Crippen molar-refractivity contribution in [3.05, 3.63) is 278 Å². The van der Waals surface area contributed by atoms with Gasteiger partial charge in [-0.3, -0.25) is 72.2 Å². The van der Waals surface area contributed by atoms with E-state index in [4.69, 9.17) is 40.0 Å². The van der Waals surface area contributed by atoms with Crippen LogP contribution in [0.25, 0.3) is 0 Å². The van der Waals surface area contributed by atoms with Crippen LogP contribution in [0, 0.1) is 22.9 Å². The monoisotopic (exact) mass is 1670 g/mol. The third-order valence-electron chi connectivity index (χ3n) is 22.5. The fourth-order valence-corrected chi connectivity index (χ4v) is 20.8. The molecule has 9 aliphatic rings. The summed E-state index contributed by atoms with van der Waals surface area (Å²) < 4.78 is 81.0. The molecule has 6 aromatic carbocycles. The molecular formula is C86H81ClF3N9O15S3. The van der Waals surface area contributed by atoms with Crippen LogP contribution in [0.4, 0.5) is 13.2 Å². The highest BCUT2D eigenvalue weighted by molar-refractivity contribution is 7.99. The van der Waals surface area contributed by atoms with Crippen LogP contribution in [-0.2, 0) is 45.9 Å². The molecule has 3 fully saturated rings. The predicted octanol–water partition coefficient (Wildman–Crippen LogP) is 13.8. The molecule has 0 aliphatic carbocycles. The van der Waals surface area contributed by atoms with Gasteiger partial charge >= 0.3 is 17.9 Å². The van der Waals surface area contributed by atoms with Gasteiger partial charge in [-0.15, -0.1) is 35.3 Å². The lowest BCUT2D eigenvalue weighted by molar-refractivity contribution is -0.148. The van der Waals surface area contributed by atoms with Crippen molar-refractivity contribution < 1.29 is 70.4 Å². The summed E-state index contributed by atoms with van der Waals surface area (Å²) in [5.41, 5.74) is 6.32. The Labute approximate surface area is 688 Å². The molecule has 3 amide bonds. The van der Waals surface area contributed by atoms with Crippen LogP contribution in [0.2, 0.25) is 5.02 Å². The highest BCUT2D eigenvalue weighted by atomic mass is 35.5. The normalized spacial score (nSPS) is 20.3. The lowest BCUT2D eigenvalue weighted by Crippen LogP contribution is -2.65. The largest absolute Gasteiger partial charge is 0.451 e. The molecule has 9 aliphatic heterocycles. The second-order valence-electron chi connectivity index (χ2n) is 30.3. The first kappa shape index (κ1) is 79.7. The van der Waals surface area contributed by atoms with E-state index in [-0.39, 0.29) is 99.0 Å². The Kier molecular flexibility index (Phi) is 22.6. The number of thioether (sulfide) groups is 3. The quantitative estimate of drug-likeness (QED) is 0.0627. The molecule has 0 radical (unpaired) electrons. The minimum Gasteiger partial charge on any atom is -0.451 e. The molecule has 31 heteroatoms. The lowest BCUT2D eigenvalue weighted by atomic mass is 9.79. The number of benzene rings is 6. The number of carbonyl (C=O) groups excluding carboxylic acids is 6. The lowest BCUT2D eigenvalue weighted by Gasteiger charge is -2.54. The number of nitrogens with zero attached hydrogens (tertiary/aromatic N) is 9. The van der Waals surface area contributed by atoms with Gasteiger partial charge < -0.3 is 43.1 Å². The Bertz CT molecular complexity index is 5690. The number of pyridine rings is 3. The molecule has 0 spiro atoms. The van der Waals surface area contributed by atoms with Crippen LogP contribution in [0.5, 0.6) is 17.2 Å². The smallest absolute Gasteiger partial charge is 0.305 e. The molecule has 0 unspecified atom stereocenters. The zero-order valence-electron chi connectivity index (χ0n) is 64.4. The molecule has 0 saturated carbocycles. The second kappa shape index (κ2) is 33.1. The molecule has 18 rings (SSSR count). The molecule has 117 heavy (non-hydrogen) atoms. The van der Waals surface area contributed by atoms with E-state index >= 15 is 4.39 Å². The fraction of sp³-hybridized carbons (Fsp3) is 0.337. The van der Waals surface area contributed by atoms with Gasteiger partial charge in [-0.25, -0.2) is 13.2 Å². The van der Waals surface area contributed by atoms with E-state index in [2.05, 4.69) is 54.2 Å². The van der Waals surface area contributed by atoms with E-state index < -0.39 is 78.4 Å². The number of esters is 3. The van der Waals surface area contributed by atoms with Gasteiger partial charge in [0.25, 0.3) is 17.7 Å². The SMILES string of the molecule is CC(=O)OCOc1c2n(ccc1=O)N([C@@H]1c3ccccc3SCc3c1ccc(F)c3F)[C@@H]1CC(C)(C)CCN1C2=O.CC(=O)OCOc1c2n(ccc1=O)N([C@@H]1c3ccccc3SCc3cccc(Cl)c31)[C@@H]1CCCCN1C2=O.CC(=O)OCOc1c2n(ccc1=O)N([C@H]1c3ccc(F)cc3CSc3ccccc31)[C@@H]1CCCCN1C2=O. The molecule has 3 saturated heterocycles. The first-order valence-corrected chi connectivity index (χ1v) is 41.8. The number of aromatic nitrogens is 3. The number of halogens is 4. The summed E-state index contributed by atoms with van der Waals surface area (Å²) in [6.07, 6.45) is 10.2. The Morgan fingerprint density at radius 2 is 0.889 bits per heavy atom. The highest BCUT2D eigenvalue weighted by Crippen LogP contribution is 2.52. The Morgan fingerprint density at radius 1 is 0.462 bits per heavy atom. The van der Waals surface area contributed by atoms with Crippen LogP contribution < -0.4 is 45.5 Å². The minimum absolute atomic E-state index is 0.0147. The number of piperidine rings is 3. The van der Waals surface area contributed by atoms with Crippen molar-refractivity contribution in [3.63, 3.8) is 0 Å². The second-order valence-corrected chi connectivity index (χ2v) is 33.7. The number of carbonyl (C=O) groups is 6. The van der Waals surface area contributed by atoms with Gasteiger partial charge in [0.1, 0.15) is 30.4 Å². The maximum Gasteiger partial charge on any atom is 0.305 e. The first-order valence-electron chi connectivity index (χ1n) is 38.5. The van der Waals surface area contributed by atoms with E-state index in [0.717, 1.165) is 110 Å². The van der Waals surface area contributed by atoms with Crippen molar-refractivity contribution in [3.8, 4) is 17.2 Å². The van der Waals surface area contributed by atoms with E-state index in [9.17, 15) is 51.9 Å². The van der Waals surface area contributed by atoms with Gasteiger partial charge in [0.05, 0.1) is 12.1 Å². The molecule has 12 heterocycles. The number of ether oxygens (including phenoxy) is 6. The molecule has 606 valence electrons. The molecule has 24 nitrogen and oxygen atoms in total. The average Bonchev–Trinajstić information content (AvgIpc) is 1.51. The standard InChI is InChI=1S/C30H29F2N3O5S.C28H26ClN3O5S.C28H26FN3O5S/c1-17(36)39-16-40-28-22(37)10-12-34-27(28)29(38)33-13-11-30(2,3)14-24(33)35(34)26-18-8-9-21(31)25(32)20(18)15-41-23-7-5-4-6-19(23)26;1-17(33)36-16-37-27-21(34)12-14-31-26(27)28(35)30-13-5-4-11-23(30)32(31)25-19-8-2-3-10-22(19)38-15-18-7-6-9-20(29)24(18)25;1-17(33)36-16-37-27-22(34)11-13-31-26(27)28(35)30-12-5-4-8-24(30)32(31)25-20-10-9-19(29)14-18(20)15-38-23-7-3-2-6-21(23)25/h4-10,12,24,26H,11,13-16H2,1-3H3;2-3,6-10,12,14,23,25H,4-5,11,13,15-16H2,1H3;2-3,6-7,9-11,13-14,24-25H,4-5,8,12,15-16H2,1H3/t24-,26+;23-,25-;24-,25+/m111/s1. The molecule has 0 bridgehead atoms. The van der Waals surface area contributed by atoms with Crippen LogP contribution in [0.3, 0.4) is 0 Å². The van der Waals surface area contributed by atoms with Crippen molar-refractivity contribution in [2.45, 2.75) is 155 Å². The summed E-state index contributed by atoms with van der Waals surface area (Å²) in [7, 11) is 0. The summed E-state index contributed by atoms with van der Waals surface area (Å²) in [6.45, 7) is 8.02. The van der Waals surface area contributed by atoms with Gasteiger partial charge in [-0.2, -0.15) is 0 Å². The molecule has 3 aromatic heterocycles. The molecule has 9 aromatic rings. The summed E-state index contributed by atoms with van der Waals surface area (Å²) in [5, 5.41) is 6.92. The van der Waals surface area contributed by atoms with Gasteiger partial charge in [-0.05, 0) is 138 Å². The van der Waals surface area contributed by atoms with E-state index in [0.29, 0.717) is 42.4 Å². The van der Waals surface area contributed by atoms with Crippen LogP contribution in [-0.4, -0.2) is 123 Å². The third-order valence-corrected chi connectivity index (χ3v) is 26.3. The van der Waals surface area contributed by atoms with Crippen LogP contribution in [0.15, 0.2) is 187 Å². The topological polar surface area (TPSA) is 243 Å². The number of rotatable bonds is 12. The molecule has 0 N–H and O–H groups in total. The minimum atomic E-state index is -0.923. The molecule has 6 atom stereocenters. The van der Waals surface area contributed by atoms with E-state index in [1.165, 1.54) is 63.0 Å². The Balaban J connectivity index is 0.000000132. The van der Waals surface area contributed by atoms with Crippen molar-refractivity contribution in [2.75, 3.05) is 55.0 Å². The molecular weight excluding hydrogens is 1590 g/mol. The zero-order valence-corrected chi connectivity index (χ0v) is 67.6. The first-order chi connectivity index (χ1) is 56.5. The maximum atomic E-state index is 15.4. The Morgan fingerprint density at radius 3 is 1.38 bits per heavy atom. The summed E-state index contributed by atoms with van der Waals surface area (Å²) in [4.78, 5) is 123. The highest BCUT2D eigenvalue weighted by Gasteiger charge is 2.52. The number of hydrogen-bond acceptors (Lipinski definition) is 21. The van der Waals surface area contributed by atoms with Gasteiger partial charge in [0, 0.05) is 125 Å². The van der Waals surface area contributed by atoms with Crippen LogP contribution in [0.1, 0.15) is 186 Å².